The summed E-state index contributed by atoms with van der Waals surface area (Å²) in [6, 6.07) is 56.9. The molecule has 0 atom stereocenters. The predicted octanol–water partition coefficient (Wildman–Crippen LogP) is 10.7. The molecule has 0 spiro atoms. The fraction of sp³-hybridized carbons (Fsp3) is 0. The van der Waals surface area contributed by atoms with Gasteiger partial charge in [0.05, 0.1) is 56.4 Å². The van der Waals surface area contributed by atoms with Crippen molar-refractivity contribution < 1.29 is 0 Å². The van der Waals surface area contributed by atoms with Crippen molar-refractivity contribution in [2.75, 3.05) is 0 Å². The van der Waals surface area contributed by atoms with E-state index in [1.165, 1.54) is 0 Å². The van der Waals surface area contributed by atoms with Crippen LogP contribution in [0.25, 0.3) is 82.5 Å². The molecule has 0 unspecified atom stereocenters. The Bertz CT molecular complexity index is 3050. The number of rotatable bonds is 3. The van der Waals surface area contributed by atoms with Crippen molar-refractivity contribution in [2.45, 2.75) is 0 Å². The second-order valence-electron chi connectivity index (χ2n) is 12.4. The maximum atomic E-state index is 10.9. The molecule has 226 valence electrons. The van der Waals surface area contributed by atoms with Crippen molar-refractivity contribution in [3.05, 3.63) is 163 Å². The van der Waals surface area contributed by atoms with Crippen LogP contribution < -0.4 is 0 Å². The third kappa shape index (κ3) is 3.67. The van der Waals surface area contributed by atoms with Crippen LogP contribution in [0.2, 0.25) is 0 Å². The normalized spacial score (nSPS) is 11.6. The Kier molecular flexibility index (Phi) is 5.64. The quantitative estimate of drug-likeness (QED) is 0.197. The summed E-state index contributed by atoms with van der Waals surface area (Å²) in [4.78, 5) is 0. The molecule has 0 N–H and O–H groups in total. The molecule has 0 fully saturated rings. The van der Waals surface area contributed by atoms with Crippen molar-refractivity contribution in [3.63, 3.8) is 0 Å². The van der Waals surface area contributed by atoms with E-state index in [0.717, 1.165) is 82.5 Å². The van der Waals surface area contributed by atoms with Crippen LogP contribution in [-0.4, -0.2) is 13.7 Å². The van der Waals surface area contributed by atoms with Crippen molar-refractivity contribution in [1.82, 2.24) is 13.7 Å². The largest absolute Gasteiger partial charge is 0.309 e. The monoisotopic (exact) mass is 623 g/mol. The molecule has 5 nitrogen and oxygen atoms in total. The zero-order chi connectivity index (χ0) is 32.6. The lowest BCUT2D eigenvalue weighted by atomic mass is 10.0. The molecule has 0 radical (unpaired) electrons. The van der Waals surface area contributed by atoms with Crippen molar-refractivity contribution in [2.24, 2.45) is 0 Å². The van der Waals surface area contributed by atoms with Gasteiger partial charge in [0.25, 0.3) is 0 Å². The summed E-state index contributed by atoms with van der Waals surface area (Å²) in [6.45, 7) is 0. The summed E-state index contributed by atoms with van der Waals surface area (Å²) in [5.41, 5.74) is 10.3. The first-order valence-electron chi connectivity index (χ1n) is 16.2. The number of benzene rings is 7. The predicted molar refractivity (Wildman–Crippen MR) is 199 cm³/mol. The van der Waals surface area contributed by atoms with Crippen LogP contribution in [0.4, 0.5) is 0 Å². The summed E-state index contributed by atoms with van der Waals surface area (Å²) < 4.78 is 6.88. The fourth-order valence-corrected chi connectivity index (χ4v) is 7.96. The van der Waals surface area contributed by atoms with Crippen LogP contribution in [0.15, 0.2) is 152 Å². The number of nitriles is 2. The lowest BCUT2D eigenvalue weighted by Crippen LogP contribution is -1.97. The van der Waals surface area contributed by atoms with Crippen molar-refractivity contribution in [3.8, 4) is 29.2 Å². The van der Waals surface area contributed by atoms with Gasteiger partial charge in [-0.1, -0.05) is 84.9 Å². The zero-order valence-electron chi connectivity index (χ0n) is 26.2. The van der Waals surface area contributed by atoms with Gasteiger partial charge >= 0.3 is 0 Å². The number of para-hydroxylation sites is 4. The SMILES string of the molecule is N#Cc1cccc(-n2c3c(ccc4c3c3ccccc3n4-c3ccccc3)c3c(C#N)cc4c(c5ccccc5n4-c4ccccc4)c32)c1. The lowest BCUT2D eigenvalue weighted by molar-refractivity contribution is 1.17. The molecule has 10 rings (SSSR count). The number of hydrogen-bond donors (Lipinski definition) is 0. The van der Waals surface area contributed by atoms with Crippen LogP contribution in [-0.2, 0) is 0 Å². The molecule has 0 aliphatic rings. The number of hydrogen-bond acceptors (Lipinski definition) is 2. The number of fused-ring (bicyclic) bond motifs is 11. The van der Waals surface area contributed by atoms with Crippen LogP contribution in [0.5, 0.6) is 0 Å². The Morgan fingerprint density at radius 2 is 0.939 bits per heavy atom. The minimum Gasteiger partial charge on any atom is -0.309 e. The second kappa shape index (κ2) is 10.2. The first-order chi connectivity index (χ1) is 24.3. The van der Waals surface area contributed by atoms with E-state index >= 15 is 0 Å². The Balaban J connectivity index is 1.53. The highest BCUT2D eigenvalue weighted by Crippen LogP contribution is 2.47. The highest BCUT2D eigenvalue weighted by molar-refractivity contribution is 6.32. The summed E-state index contributed by atoms with van der Waals surface area (Å²) in [5, 5.41) is 27.2. The van der Waals surface area contributed by atoms with Gasteiger partial charge in [0.1, 0.15) is 0 Å². The van der Waals surface area contributed by atoms with Crippen molar-refractivity contribution in [1.29, 1.82) is 10.5 Å². The lowest BCUT2D eigenvalue weighted by Gasteiger charge is -2.12. The van der Waals surface area contributed by atoms with Gasteiger partial charge in [0.15, 0.2) is 0 Å². The second-order valence-corrected chi connectivity index (χ2v) is 12.4. The van der Waals surface area contributed by atoms with E-state index in [-0.39, 0.29) is 0 Å². The van der Waals surface area contributed by atoms with E-state index in [2.05, 4.69) is 135 Å². The Morgan fingerprint density at radius 1 is 0.367 bits per heavy atom. The van der Waals surface area contributed by atoms with Gasteiger partial charge in [-0.3, -0.25) is 0 Å². The molecular weight excluding hydrogens is 599 g/mol. The summed E-state index contributed by atoms with van der Waals surface area (Å²) in [5.74, 6) is 0. The van der Waals surface area contributed by atoms with Gasteiger partial charge in [0.2, 0.25) is 0 Å². The smallest absolute Gasteiger partial charge is 0.0999 e. The van der Waals surface area contributed by atoms with E-state index in [9.17, 15) is 10.5 Å². The first kappa shape index (κ1) is 27.1. The van der Waals surface area contributed by atoms with E-state index < -0.39 is 0 Å². The minimum absolute atomic E-state index is 0.575. The number of aromatic nitrogens is 3. The molecule has 0 saturated carbocycles. The van der Waals surface area contributed by atoms with Crippen LogP contribution in [0.3, 0.4) is 0 Å². The molecule has 10 aromatic rings. The average Bonchev–Trinajstić information content (AvgIpc) is 3.81. The van der Waals surface area contributed by atoms with Gasteiger partial charge in [-0.2, -0.15) is 10.5 Å². The van der Waals surface area contributed by atoms with Crippen LogP contribution in [0.1, 0.15) is 11.1 Å². The molecule has 3 heterocycles. The minimum atomic E-state index is 0.575. The summed E-state index contributed by atoms with van der Waals surface area (Å²) in [7, 11) is 0. The molecule has 0 aliphatic heterocycles. The van der Waals surface area contributed by atoms with Gasteiger partial charge < -0.3 is 13.7 Å². The Hall–Kier alpha value is -7.08. The van der Waals surface area contributed by atoms with E-state index in [1.54, 1.807) is 0 Å². The topological polar surface area (TPSA) is 62.4 Å². The Morgan fingerprint density at radius 3 is 1.57 bits per heavy atom. The highest BCUT2D eigenvalue weighted by atomic mass is 15.0. The van der Waals surface area contributed by atoms with Gasteiger partial charge in [0, 0.05) is 49.4 Å². The summed E-state index contributed by atoms with van der Waals surface area (Å²) >= 11 is 0. The fourth-order valence-electron chi connectivity index (χ4n) is 7.96. The standard InChI is InChI=1S/C44H25N5/c45-26-28-12-11-17-32(24-28)49-43-35(22-23-38-41(43)33-18-7-9-20-36(33)47(38)30-13-3-1-4-14-30)40-29(27-46)25-39-42(44(40)49)34-19-8-10-21-37(34)48(39)31-15-5-2-6-16-31/h1-25H. The zero-order valence-corrected chi connectivity index (χ0v) is 26.2. The van der Waals surface area contributed by atoms with Crippen LogP contribution >= 0.6 is 0 Å². The van der Waals surface area contributed by atoms with Gasteiger partial charge in [-0.05, 0) is 66.7 Å². The first-order valence-corrected chi connectivity index (χ1v) is 16.2. The molecule has 49 heavy (non-hydrogen) atoms. The third-order valence-electron chi connectivity index (χ3n) is 9.85. The summed E-state index contributed by atoms with van der Waals surface area (Å²) in [6.07, 6.45) is 0. The van der Waals surface area contributed by atoms with E-state index in [1.807, 2.05) is 42.5 Å². The molecule has 5 heteroatoms. The van der Waals surface area contributed by atoms with E-state index in [4.69, 9.17) is 0 Å². The van der Waals surface area contributed by atoms with Gasteiger partial charge in [-0.25, -0.2) is 0 Å². The molecular formula is C44H25N5. The Labute approximate surface area is 280 Å². The molecule has 3 aromatic heterocycles. The highest BCUT2D eigenvalue weighted by Gasteiger charge is 2.26. The number of nitrogens with zero attached hydrogens (tertiary/aromatic N) is 5. The third-order valence-corrected chi connectivity index (χ3v) is 9.85. The molecule has 0 amide bonds. The van der Waals surface area contributed by atoms with E-state index in [0.29, 0.717) is 11.1 Å². The molecule has 0 aliphatic carbocycles. The van der Waals surface area contributed by atoms with Crippen LogP contribution in [0, 0.1) is 22.7 Å². The molecule has 7 aromatic carbocycles. The maximum Gasteiger partial charge on any atom is 0.0999 e. The molecule has 0 saturated heterocycles. The van der Waals surface area contributed by atoms with Crippen molar-refractivity contribution >= 4 is 65.4 Å². The average molecular weight is 624 g/mol. The maximum absolute atomic E-state index is 10.9. The van der Waals surface area contributed by atoms with Gasteiger partial charge in [-0.15, -0.1) is 0 Å². The molecule has 0 bridgehead atoms.